The Labute approximate surface area is 122 Å². The molecular weight excluding hydrogens is 272 g/mol. The van der Waals surface area contributed by atoms with E-state index in [4.69, 9.17) is 15.1 Å². The molecular formula is C15H16N2O4. The van der Waals surface area contributed by atoms with Crippen LogP contribution in [-0.4, -0.2) is 35.2 Å². The Morgan fingerprint density at radius 1 is 1.33 bits per heavy atom. The molecule has 1 heterocycles. The molecule has 0 aliphatic carbocycles. The number of benzene rings is 1. The number of rotatable bonds is 5. The fourth-order valence-electron chi connectivity index (χ4n) is 2.26. The number of carbonyl (C=O) groups is 2. The molecule has 1 aliphatic heterocycles. The van der Waals surface area contributed by atoms with Crippen molar-refractivity contribution in [2.24, 2.45) is 5.41 Å². The molecule has 0 radical (unpaired) electrons. The third kappa shape index (κ3) is 3.72. The SMILES string of the molecule is N#CC1(CCC(=O)O)CN(C(=O)OCc2ccccc2)C1. The highest BCUT2D eigenvalue weighted by atomic mass is 16.6. The zero-order chi connectivity index (χ0) is 15.3. The van der Waals surface area contributed by atoms with Gasteiger partial charge in [0.05, 0.1) is 11.5 Å². The monoisotopic (exact) mass is 288 g/mol. The molecule has 1 aromatic carbocycles. The van der Waals surface area contributed by atoms with Crippen molar-refractivity contribution >= 4 is 12.1 Å². The fourth-order valence-corrected chi connectivity index (χ4v) is 2.26. The highest BCUT2D eigenvalue weighted by Crippen LogP contribution is 2.34. The predicted octanol–water partition coefficient (Wildman–Crippen LogP) is 2.01. The molecule has 1 aromatic rings. The van der Waals surface area contributed by atoms with E-state index in [1.807, 2.05) is 30.3 Å². The van der Waals surface area contributed by atoms with E-state index in [1.165, 1.54) is 4.90 Å². The number of aliphatic carboxylic acids is 1. The van der Waals surface area contributed by atoms with Gasteiger partial charge in [0.15, 0.2) is 0 Å². The van der Waals surface area contributed by atoms with Crippen molar-refractivity contribution in [2.45, 2.75) is 19.4 Å². The van der Waals surface area contributed by atoms with Crippen molar-refractivity contribution in [1.82, 2.24) is 4.90 Å². The van der Waals surface area contributed by atoms with Crippen LogP contribution < -0.4 is 0 Å². The standard InChI is InChI=1S/C15H16N2O4/c16-9-15(7-6-13(18)19)10-17(11-15)14(20)21-8-12-4-2-1-3-5-12/h1-5H,6-8,10-11H2,(H,18,19). The maximum Gasteiger partial charge on any atom is 0.410 e. The number of nitriles is 1. The van der Waals surface area contributed by atoms with Crippen molar-refractivity contribution in [3.05, 3.63) is 35.9 Å². The minimum atomic E-state index is -0.935. The topological polar surface area (TPSA) is 90.6 Å². The third-order valence-electron chi connectivity index (χ3n) is 3.50. The molecule has 1 N–H and O–H groups in total. The molecule has 0 aromatic heterocycles. The van der Waals surface area contributed by atoms with Gasteiger partial charge in [0.2, 0.25) is 0 Å². The lowest BCUT2D eigenvalue weighted by Gasteiger charge is -2.44. The van der Waals surface area contributed by atoms with Gasteiger partial charge in [0, 0.05) is 19.5 Å². The van der Waals surface area contributed by atoms with Crippen LogP contribution in [0.5, 0.6) is 0 Å². The zero-order valence-electron chi connectivity index (χ0n) is 11.5. The quantitative estimate of drug-likeness (QED) is 0.895. The van der Waals surface area contributed by atoms with Crippen molar-refractivity contribution < 1.29 is 19.4 Å². The maximum absolute atomic E-state index is 11.8. The number of hydrogen-bond donors (Lipinski definition) is 1. The van der Waals surface area contributed by atoms with Gasteiger partial charge in [-0.05, 0) is 12.0 Å². The first kappa shape index (κ1) is 14.9. The fraction of sp³-hybridized carbons (Fsp3) is 0.400. The Hall–Kier alpha value is -2.55. The Balaban J connectivity index is 1.79. The largest absolute Gasteiger partial charge is 0.481 e. The first-order chi connectivity index (χ1) is 10.0. The lowest BCUT2D eigenvalue weighted by atomic mass is 9.77. The summed E-state index contributed by atoms with van der Waals surface area (Å²) in [5.41, 5.74) is 0.147. The second-order valence-electron chi connectivity index (χ2n) is 5.18. The summed E-state index contributed by atoms with van der Waals surface area (Å²) in [6, 6.07) is 11.4. The van der Waals surface area contributed by atoms with Gasteiger partial charge in [0.1, 0.15) is 6.61 Å². The third-order valence-corrected chi connectivity index (χ3v) is 3.50. The van der Waals surface area contributed by atoms with E-state index in [0.717, 1.165) is 5.56 Å². The van der Waals surface area contributed by atoms with Crippen LogP contribution in [0.15, 0.2) is 30.3 Å². The average molecular weight is 288 g/mol. The molecule has 0 bridgehead atoms. The summed E-state index contributed by atoms with van der Waals surface area (Å²) in [5, 5.41) is 17.8. The molecule has 0 atom stereocenters. The van der Waals surface area contributed by atoms with Gasteiger partial charge in [-0.15, -0.1) is 0 Å². The van der Waals surface area contributed by atoms with E-state index < -0.39 is 17.5 Å². The van der Waals surface area contributed by atoms with E-state index in [-0.39, 0.29) is 32.5 Å². The summed E-state index contributed by atoms with van der Waals surface area (Å²) in [5.74, 6) is -0.935. The Bertz CT molecular complexity index is 559. The summed E-state index contributed by atoms with van der Waals surface area (Å²) < 4.78 is 5.16. The number of amides is 1. The van der Waals surface area contributed by atoms with E-state index in [0.29, 0.717) is 0 Å². The van der Waals surface area contributed by atoms with Crippen LogP contribution in [0.3, 0.4) is 0 Å². The second-order valence-corrected chi connectivity index (χ2v) is 5.18. The minimum absolute atomic E-state index is 0.0690. The summed E-state index contributed by atoms with van der Waals surface area (Å²) in [7, 11) is 0. The van der Waals surface area contributed by atoms with Gasteiger partial charge in [-0.2, -0.15) is 5.26 Å². The number of ether oxygens (including phenoxy) is 1. The minimum Gasteiger partial charge on any atom is -0.481 e. The van der Waals surface area contributed by atoms with Crippen LogP contribution in [0.2, 0.25) is 0 Å². The number of hydrogen-bond acceptors (Lipinski definition) is 4. The first-order valence-corrected chi connectivity index (χ1v) is 6.63. The number of carboxylic acid groups (broad SMARTS) is 1. The summed E-state index contributed by atoms with van der Waals surface area (Å²) in [4.78, 5) is 23.8. The molecule has 21 heavy (non-hydrogen) atoms. The zero-order valence-corrected chi connectivity index (χ0v) is 11.5. The van der Waals surface area contributed by atoms with E-state index in [9.17, 15) is 9.59 Å². The smallest absolute Gasteiger partial charge is 0.410 e. The van der Waals surface area contributed by atoms with Crippen LogP contribution >= 0.6 is 0 Å². The number of likely N-dealkylation sites (tertiary alicyclic amines) is 1. The van der Waals surface area contributed by atoms with Gasteiger partial charge in [-0.1, -0.05) is 30.3 Å². The predicted molar refractivity (Wildman–Crippen MR) is 73.1 cm³/mol. The molecule has 110 valence electrons. The normalized spacial score (nSPS) is 15.7. The molecule has 6 heteroatoms. The number of carbonyl (C=O) groups excluding carboxylic acids is 1. The van der Waals surface area contributed by atoms with Crippen LogP contribution in [-0.2, 0) is 16.1 Å². The number of nitrogens with zero attached hydrogens (tertiary/aromatic N) is 2. The highest BCUT2D eigenvalue weighted by molar-refractivity contribution is 5.70. The van der Waals surface area contributed by atoms with E-state index in [1.54, 1.807) is 0 Å². The molecule has 0 spiro atoms. The van der Waals surface area contributed by atoms with Crippen LogP contribution in [0.1, 0.15) is 18.4 Å². The lowest BCUT2D eigenvalue weighted by Crippen LogP contribution is -2.58. The Morgan fingerprint density at radius 3 is 2.57 bits per heavy atom. The van der Waals surface area contributed by atoms with Gasteiger partial charge in [-0.3, -0.25) is 4.79 Å². The van der Waals surface area contributed by atoms with Gasteiger partial charge in [-0.25, -0.2) is 4.79 Å². The average Bonchev–Trinajstić information content (AvgIpc) is 2.45. The van der Waals surface area contributed by atoms with Crippen molar-refractivity contribution in [3.63, 3.8) is 0 Å². The summed E-state index contributed by atoms with van der Waals surface area (Å²) >= 11 is 0. The van der Waals surface area contributed by atoms with Crippen LogP contribution in [0, 0.1) is 16.7 Å². The molecule has 1 aliphatic rings. The summed E-state index contributed by atoms with van der Waals surface area (Å²) in [6.07, 6.45) is -0.290. The molecule has 0 unspecified atom stereocenters. The van der Waals surface area contributed by atoms with Crippen LogP contribution in [0.25, 0.3) is 0 Å². The molecule has 0 saturated carbocycles. The van der Waals surface area contributed by atoms with Crippen LogP contribution in [0.4, 0.5) is 4.79 Å². The molecule has 1 fully saturated rings. The van der Waals surface area contributed by atoms with Crippen molar-refractivity contribution in [1.29, 1.82) is 5.26 Å². The molecule has 1 amide bonds. The maximum atomic E-state index is 11.8. The number of carboxylic acids is 1. The Morgan fingerprint density at radius 2 is 2.00 bits per heavy atom. The highest BCUT2D eigenvalue weighted by Gasteiger charge is 2.46. The lowest BCUT2D eigenvalue weighted by molar-refractivity contribution is -0.138. The van der Waals surface area contributed by atoms with E-state index >= 15 is 0 Å². The molecule has 2 rings (SSSR count). The van der Waals surface area contributed by atoms with Crippen molar-refractivity contribution in [3.8, 4) is 6.07 Å². The molecule has 6 nitrogen and oxygen atoms in total. The molecule has 1 saturated heterocycles. The van der Waals surface area contributed by atoms with Gasteiger partial charge in [0.25, 0.3) is 0 Å². The van der Waals surface area contributed by atoms with Gasteiger partial charge < -0.3 is 14.7 Å². The first-order valence-electron chi connectivity index (χ1n) is 6.63. The Kier molecular flexibility index (Phi) is 4.43. The van der Waals surface area contributed by atoms with Crippen molar-refractivity contribution in [2.75, 3.05) is 13.1 Å². The van der Waals surface area contributed by atoms with Gasteiger partial charge >= 0.3 is 12.1 Å². The van der Waals surface area contributed by atoms with E-state index in [2.05, 4.69) is 6.07 Å². The second kappa shape index (κ2) is 6.27. The summed E-state index contributed by atoms with van der Waals surface area (Å²) in [6.45, 7) is 0.639.